The molecule has 1 N–H and O–H groups in total. The Morgan fingerprint density at radius 2 is 2.04 bits per heavy atom. The van der Waals surface area contributed by atoms with Gasteiger partial charge in [-0.1, -0.05) is 0 Å². The molecule has 0 radical (unpaired) electrons. The number of likely N-dealkylation sites (N-methyl/N-ethyl adjacent to an activating group) is 1. The van der Waals surface area contributed by atoms with Gasteiger partial charge in [0, 0.05) is 25.3 Å². The van der Waals surface area contributed by atoms with Crippen LogP contribution in [-0.4, -0.2) is 53.9 Å². The zero-order valence-corrected chi connectivity index (χ0v) is 14.8. The molecule has 1 aliphatic rings. The number of hydrogen-bond donors (Lipinski definition) is 1. The topological polar surface area (TPSA) is 59.4 Å². The van der Waals surface area contributed by atoms with E-state index in [0.717, 1.165) is 37.4 Å². The number of benzene rings is 1. The van der Waals surface area contributed by atoms with Gasteiger partial charge in [-0.2, -0.15) is 5.10 Å². The lowest BCUT2D eigenvalue weighted by molar-refractivity contribution is 0.0691. The lowest BCUT2D eigenvalue weighted by Crippen LogP contribution is -2.47. The Bertz CT molecular complexity index is 671. The van der Waals surface area contributed by atoms with Gasteiger partial charge >= 0.3 is 0 Å². The van der Waals surface area contributed by atoms with E-state index in [1.54, 1.807) is 17.9 Å². The first kappa shape index (κ1) is 18.3. The molecular weight excluding hydrogens is 328 g/mol. The van der Waals surface area contributed by atoms with Crippen molar-refractivity contribution in [1.82, 2.24) is 20.0 Å². The number of hydrogen-bond acceptors (Lipinski definition) is 4. The molecule has 7 heteroatoms. The van der Waals surface area contributed by atoms with E-state index >= 15 is 0 Å². The number of nitrogens with one attached hydrogen (secondary N) is 1. The van der Waals surface area contributed by atoms with Crippen molar-refractivity contribution in [3.8, 4) is 11.4 Å². The number of carbonyl (C=O) groups excluding carboxylic acids is 1. The predicted octanol–water partition coefficient (Wildman–Crippen LogP) is 2.13. The number of piperidine rings is 1. The normalized spacial score (nSPS) is 17.2. The summed E-state index contributed by atoms with van der Waals surface area (Å²) in [4.78, 5) is 14.5. The van der Waals surface area contributed by atoms with Crippen LogP contribution in [0.4, 0.5) is 0 Å². The van der Waals surface area contributed by atoms with Crippen LogP contribution in [0.1, 0.15) is 23.3 Å². The summed E-state index contributed by atoms with van der Waals surface area (Å²) >= 11 is 0. The number of carbonyl (C=O) groups is 1. The van der Waals surface area contributed by atoms with Crippen LogP contribution in [0.15, 0.2) is 36.5 Å². The summed E-state index contributed by atoms with van der Waals surface area (Å²) < 4.78 is 6.87. The maximum Gasteiger partial charge on any atom is 0.274 e. The molecule has 0 bridgehead atoms. The van der Waals surface area contributed by atoms with Gasteiger partial charge in [0.2, 0.25) is 0 Å². The van der Waals surface area contributed by atoms with Crippen LogP contribution in [-0.2, 0) is 0 Å². The van der Waals surface area contributed by atoms with Crippen LogP contribution in [0, 0.1) is 0 Å². The van der Waals surface area contributed by atoms with Gasteiger partial charge in [0.25, 0.3) is 5.91 Å². The molecule has 1 saturated heterocycles. The molecule has 130 valence electrons. The molecule has 1 amide bonds. The van der Waals surface area contributed by atoms with Gasteiger partial charge in [-0.25, -0.2) is 4.68 Å². The maximum absolute atomic E-state index is 12.6. The number of methoxy groups -OCH3 is 1. The second-order valence-electron chi connectivity index (χ2n) is 5.72. The monoisotopic (exact) mass is 350 g/mol. The molecule has 24 heavy (non-hydrogen) atoms. The molecule has 2 aromatic rings. The molecule has 0 aliphatic carbocycles. The van der Waals surface area contributed by atoms with E-state index in [1.165, 1.54) is 0 Å². The van der Waals surface area contributed by atoms with Gasteiger partial charge in [0.1, 0.15) is 5.75 Å². The van der Waals surface area contributed by atoms with Crippen molar-refractivity contribution in [2.24, 2.45) is 0 Å². The first-order chi connectivity index (χ1) is 11.2. The van der Waals surface area contributed by atoms with Gasteiger partial charge in [0.05, 0.1) is 12.8 Å². The number of nitrogens with zero attached hydrogens (tertiary/aromatic N) is 3. The molecule has 2 heterocycles. The molecule has 1 aliphatic heterocycles. The SMILES string of the molecule is CNC1CCCN(C(=O)c2ccn(-c3ccc(OC)cc3)n2)C1.Cl. The highest BCUT2D eigenvalue weighted by atomic mass is 35.5. The summed E-state index contributed by atoms with van der Waals surface area (Å²) in [5.74, 6) is 0.792. The van der Waals surface area contributed by atoms with Crippen molar-refractivity contribution < 1.29 is 9.53 Å². The quantitative estimate of drug-likeness (QED) is 0.917. The van der Waals surface area contributed by atoms with E-state index in [1.807, 2.05) is 42.4 Å². The third kappa shape index (κ3) is 3.88. The van der Waals surface area contributed by atoms with Crippen molar-refractivity contribution in [3.05, 3.63) is 42.2 Å². The molecule has 1 atom stereocenters. The van der Waals surface area contributed by atoms with Crippen molar-refractivity contribution in [2.75, 3.05) is 27.2 Å². The molecule has 3 rings (SSSR count). The Morgan fingerprint density at radius 3 is 2.71 bits per heavy atom. The van der Waals surface area contributed by atoms with E-state index in [2.05, 4.69) is 10.4 Å². The number of rotatable bonds is 4. The third-order valence-electron chi connectivity index (χ3n) is 4.26. The van der Waals surface area contributed by atoms with Gasteiger partial charge < -0.3 is 15.0 Å². The summed E-state index contributed by atoms with van der Waals surface area (Å²) in [6.45, 7) is 1.54. The minimum atomic E-state index is -0.00258. The second kappa shape index (κ2) is 8.17. The minimum absolute atomic E-state index is 0. The predicted molar refractivity (Wildman–Crippen MR) is 95.3 cm³/mol. The van der Waals surface area contributed by atoms with E-state index in [0.29, 0.717) is 11.7 Å². The Hall–Kier alpha value is -2.05. The highest BCUT2D eigenvalue weighted by Gasteiger charge is 2.24. The van der Waals surface area contributed by atoms with Crippen molar-refractivity contribution >= 4 is 18.3 Å². The smallest absolute Gasteiger partial charge is 0.274 e. The fourth-order valence-electron chi connectivity index (χ4n) is 2.88. The van der Waals surface area contributed by atoms with Crippen molar-refractivity contribution in [2.45, 2.75) is 18.9 Å². The Labute approximate surface area is 148 Å². The van der Waals surface area contributed by atoms with Gasteiger partial charge in [0.15, 0.2) is 5.69 Å². The zero-order valence-electron chi connectivity index (χ0n) is 13.9. The van der Waals surface area contributed by atoms with Crippen LogP contribution in [0.3, 0.4) is 0 Å². The van der Waals surface area contributed by atoms with E-state index < -0.39 is 0 Å². The summed E-state index contributed by atoms with van der Waals surface area (Å²) in [6, 6.07) is 9.73. The second-order valence-corrected chi connectivity index (χ2v) is 5.72. The molecule has 0 saturated carbocycles. The fraction of sp³-hybridized carbons (Fsp3) is 0.412. The fourth-order valence-corrected chi connectivity index (χ4v) is 2.88. The number of amides is 1. The number of likely N-dealkylation sites (tertiary alicyclic amines) is 1. The minimum Gasteiger partial charge on any atom is -0.497 e. The Kier molecular flexibility index (Phi) is 6.23. The average Bonchev–Trinajstić information content (AvgIpc) is 3.11. The van der Waals surface area contributed by atoms with E-state index in [9.17, 15) is 4.79 Å². The van der Waals surface area contributed by atoms with Crippen LogP contribution < -0.4 is 10.1 Å². The highest BCUT2D eigenvalue weighted by Crippen LogP contribution is 2.16. The largest absolute Gasteiger partial charge is 0.497 e. The Balaban J connectivity index is 0.00000208. The van der Waals surface area contributed by atoms with Crippen molar-refractivity contribution in [3.63, 3.8) is 0 Å². The summed E-state index contributed by atoms with van der Waals surface area (Å²) in [5, 5.41) is 7.68. The first-order valence-electron chi connectivity index (χ1n) is 7.88. The molecule has 1 aromatic heterocycles. The molecule has 1 fully saturated rings. The molecule has 1 aromatic carbocycles. The maximum atomic E-state index is 12.6. The number of ether oxygens (including phenoxy) is 1. The standard InChI is InChI=1S/C17H22N4O2.ClH/c1-18-13-4-3-10-20(12-13)17(22)16-9-11-21(19-16)14-5-7-15(23-2)8-6-14;/h5-9,11,13,18H,3-4,10,12H2,1-2H3;1H. The molecule has 6 nitrogen and oxygen atoms in total. The summed E-state index contributed by atoms with van der Waals surface area (Å²) in [7, 11) is 3.58. The lowest BCUT2D eigenvalue weighted by atomic mass is 10.1. The van der Waals surface area contributed by atoms with Crippen LogP contribution in [0.2, 0.25) is 0 Å². The van der Waals surface area contributed by atoms with E-state index in [4.69, 9.17) is 4.74 Å². The lowest BCUT2D eigenvalue weighted by Gasteiger charge is -2.32. The molecule has 1 unspecified atom stereocenters. The van der Waals surface area contributed by atoms with Gasteiger partial charge in [-0.3, -0.25) is 4.79 Å². The van der Waals surface area contributed by atoms with Gasteiger partial charge in [-0.05, 0) is 50.2 Å². The molecule has 0 spiro atoms. The van der Waals surface area contributed by atoms with Crippen molar-refractivity contribution in [1.29, 1.82) is 0 Å². The van der Waals surface area contributed by atoms with E-state index in [-0.39, 0.29) is 18.3 Å². The molecular formula is C17H23ClN4O2. The number of aromatic nitrogens is 2. The summed E-state index contributed by atoms with van der Waals surface area (Å²) in [6.07, 6.45) is 3.95. The van der Waals surface area contributed by atoms with Crippen LogP contribution in [0.5, 0.6) is 5.75 Å². The highest BCUT2D eigenvalue weighted by molar-refractivity contribution is 5.92. The summed E-state index contributed by atoms with van der Waals surface area (Å²) in [5.41, 5.74) is 1.38. The van der Waals surface area contributed by atoms with Crippen LogP contribution >= 0.6 is 12.4 Å². The zero-order chi connectivity index (χ0) is 16.2. The Morgan fingerprint density at radius 1 is 1.29 bits per heavy atom. The average molecular weight is 351 g/mol. The van der Waals surface area contributed by atoms with Gasteiger partial charge in [-0.15, -0.1) is 12.4 Å². The first-order valence-corrected chi connectivity index (χ1v) is 7.88. The van der Waals surface area contributed by atoms with Crippen LogP contribution in [0.25, 0.3) is 5.69 Å². The number of halogens is 1. The third-order valence-corrected chi connectivity index (χ3v) is 4.26.